The fraction of sp³-hybridized carbons (Fsp3) is 0.588. The molecule has 1 saturated heterocycles. The molecule has 2 rings (SSSR count). The van der Waals surface area contributed by atoms with Crippen LogP contribution in [0.1, 0.15) is 30.9 Å². The first-order valence-electron chi connectivity index (χ1n) is 7.97. The lowest BCUT2D eigenvalue weighted by Crippen LogP contribution is -2.44. The van der Waals surface area contributed by atoms with E-state index in [-0.39, 0.29) is 24.0 Å². The van der Waals surface area contributed by atoms with Crippen molar-refractivity contribution in [2.24, 2.45) is 4.99 Å². The number of likely N-dealkylation sites (N-methyl/N-ethyl adjacent to an activating group) is 1. The van der Waals surface area contributed by atoms with Crippen LogP contribution in [0.2, 0.25) is 0 Å². The zero-order valence-electron chi connectivity index (χ0n) is 13.9. The molecule has 0 amide bonds. The summed E-state index contributed by atoms with van der Waals surface area (Å²) in [7, 11) is 1.83. The first-order chi connectivity index (χ1) is 10.2. The van der Waals surface area contributed by atoms with Crippen molar-refractivity contribution < 1.29 is 0 Å². The van der Waals surface area contributed by atoms with Crippen LogP contribution >= 0.6 is 24.0 Å². The van der Waals surface area contributed by atoms with Crippen LogP contribution < -0.4 is 10.6 Å². The summed E-state index contributed by atoms with van der Waals surface area (Å²) in [5.41, 5.74) is 2.58. The lowest BCUT2D eigenvalue weighted by atomic mass is 10.1. The lowest BCUT2D eigenvalue weighted by molar-refractivity contribution is 0.267. The zero-order chi connectivity index (χ0) is 15.1. The molecule has 1 atom stereocenters. The molecule has 22 heavy (non-hydrogen) atoms. The van der Waals surface area contributed by atoms with Gasteiger partial charge in [-0.3, -0.25) is 9.89 Å². The summed E-state index contributed by atoms with van der Waals surface area (Å²) in [5.74, 6) is 0.888. The van der Waals surface area contributed by atoms with Gasteiger partial charge in [0.15, 0.2) is 5.96 Å². The van der Waals surface area contributed by atoms with Crippen LogP contribution in [0.3, 0.4) is 0 Å². The fourth-order valence-corrected chi connectivity index (χ4v) is 2.99. The largest absolute Gasteiger partial charge is 0.355 e. The van der Waals surface area contributed by atoms with Crippen molar-refractivity contribution in [2.75, 3.05) is 26.7 Å². The van der Waals surface area contributed by atoms with Crippen molar-refractivity contribution in [1.29, 1.82) is 0 Å². The van der Waals surface area contributed by atoms with Gasteiger partial charge in [-0.1, -0.05) is 36.8 Å². The number of rotatable bonds is 5. The Balaban J connectivity index is 0.00000242. The SMILES string of the molecule is CCN1CCCC1CNC(=NC)NCc1cccc(C)c1.I. The van der Waals surface area contributed by atoms with Gasteiger partial charge in [0, 0.05) is 26.2 Å². The molecule has 124 valence electrons. The predicted octanol–water partition coefficient (Wildman–Crippen LogP) is 2.76. The average Bonchev–Trinajstić information content (AvgIpc) is 2.95. The van der Waals surface area contributed by atoms with Gasteiger partial charge in [-0.2, -0.15) is 0 Å². The van der Waals surface area contributed by atoms with Crippen LogP contribution in [-0.2, 0) is 6.54 Å². The Hall–Kier alpha value is -0.820. The molecule has 0 spiro atoms. The minimum Gasteiger partial charge on any atom is -0.355 e. The van der Waals surface area contributed by atoms with E-state index >= 15 is 0 Å². The van der Waals surface area contributed by atoms with Crippen LogP contribution in [0.15, 0.2) is 29.3 Å². The van der Waals surface area contributed by atoms with E-state index in [9.17, 15) is 0 Å². The van der Waals surface area contributed by atoms with E-state index in [0.717, 1.165) is 25.6 Å². The molecule has 4 nitrogen and oxygen atoms in total. The van der Waals surface area contributed by atoms with Crippen molar-refractivity contribution in [2.45, 2.75) is 39.3 Å². The summed E-state index contributed by atoms with van der Waals surface area (Å²) in [5, 5.41) is 6.85. The maximum atomic E-state index is 4.31. The monoisotopic (exact) mass is 416 g/mol. The number of nitrogens with one attached hydrogen (secondary N) is 2. The highest BCUT2D eigenvalue weighted by atomic mass is 127. The van der Waals surface area contributed by atoms with Crippen molar-refractivity contribution in [3.63, 3.8) is 0 Å². The molecular formula is C17H29IN4. The topological polar surface area (TPSA) is 39.7 Å². The summed E-state index contributed by atoms with van der Waals surface area (Å²) < 4.78 is 0. The molecular weight excluding hydrogens is 387 g/mol. The minimum absolute atomic E-state index is 0. The zero-order valence-corrected chi connectivity index (χ0v) is 16.3. The summed E-state index contributed by atoms with van der Waals surface area (Å²) in [6, 6.07) is 9.21. The van der Waals surface area contributed by atoms with E-state index in [0.29, 0.717) is 6.04 Å². The van der Waals surface area contributed by atoms with Gasteiger partial charge < -0.3 is 10.6 Å². The molecule has 1 unspecified atom stereocenters. The third-order valence-corrected chi connectivity index (χ3v) is 4.18. The molecule has 0 aromatic heterocycles. The standard InChI is InChI=1S/C17H28N4.HI/c1-4-21-10-6-9-16(21)13-20-17(18-3)19-12-15-8-5-7-14(2)11-15;/h5,7-8,11,16H,4,6,9-10,12-13H2,1-3H3,(H2,18,19,20);1H. The van der Waals surface area contributed by atoms with Crippen molar-refractivity contribution in [3.05, 3.63) is 35.4 Å². The number of hydrogen-bond acceptors (Lipinski definition) is 2. The first-order valence-corrected chi connectivity index (χ1v) is 7.97. The summed E-state index contributed by atoms with van der Waals surface area (Å²) in [6.45, 7) is 8.52. The van der Waals surface area contributed by atoms with Crippen molar-refractivity contribution >= 4 is 29.9 Å². The molecule has 1 aromatic carbocycles. The second kappa shape index (κ2) is 10.0. The van der Waals surface area contributed by atoms with Gasteiger partial charge in [0.1, 0.15) is 0 Å². The Labute approximate surface area is 151 Å². The maximum Gasteiger partial charge on any atom is 0.191 e. The third-order valence-electron chi connectivity index (χ3n) is 4.18. The normalized spacial score (nSPS) is 18.9. The van der Waals surface area contributed by atoms with Gasteiger partial charge in [-0.15, -0.1) is 24.0 Å². The number of nitrogens with zero attached hydrogens (tertiary/aromatic N) is 2. The Kier molecular flexibility index (Phi) is 8.78. The van der Waals surface area contributed by atoms with Gasteiger partial charge in [-0.05, 0) is 38.4 Å². The van der Waals surface area contributed by atoms with Gasteiger partial charge in [0.2, 0.25) is 0 Å². The molecule has 1 aromatic rings. The highest BCUT2D eigenvalue weighted by molar-refractivity contribution is 14.0. The summed E-state index contributed by atoms with van der Waals surface area (Å²) in [6.07, 6.45) is 2.60. The number of hydrogen-bond donors (Lipinski definition) is 2. The maximum absolute atomic E-state index is 4.31. The van der Waals surface area contributed by atoms with E-state index in [2.05, 4.69) is 58.6 Å². The van der Waals surface area contributed by atoms with Crippen LogP contribution in [0.25, 0.3) is 0 Å². The van der Waals surface area contributed by atoms with E-state index < -0.39 is 0 Å². The highest BCUT2D eigenvalue weighted by Crippen LogP contribution is 2.15. The third kappa shape index (κ3) is 5.76. The van der Waals surface area contributed by atoms with E-state index in [1.54, 1.807) is 0 Å². The van der Waals surface area contributed by atoms with Crippen molar-refractivity contribution in [3.8, 4) is 0 Å². The average molecular weight is 416 g/mol. The smallest absolute Gasteiger partial charge is 0.191 e. The summed E-state index contributed by atoms with van der Waals surface area (Å²) >= 11 is 0. The molecule has 0 radical (unpaired) electrons. The van der Waals surface area contributed by atoms with Crippen LogP contribution in [-0.4, -0.2) is 43.6 Å². The second-order valence-corrected chi connectivity index (χ2v) is 5.72. The Morgan fingerprint density at radius 1 is 1.36 bits per heavy atom. The van der Waals surface area contributed by atoms with E-state index in [4.69, 9.17) is 0 Å². The number of aryl methyl sites for hydroxylation is 1. The van der Waals surface area contributed by atoms with Crippen LogP contribution in [0, 0.1) is 6.92 Å². The first kappa shape index (κ1) is 19.2. The molecule has 0 saturated carbocycles. The van der Waals surface area contributed by atoms with Gasteiger partial charge >= 0.3 is 0 Å². The van der Waals surface area contributed by atoms with Crippen LogP contribution in [0.5, 0.6) is 0 Å². The van der Waals surface area contributed by atoms with Gasteiger partial charge in [-0.25, -0.2) is 0 Å². The Morgan fingerprint density at radius 2 is 2.18 bits per heavy atom. The molecule has 1 aliphatic heterocycles. The predicted molar refractivity (Wildman–Crippen MR) is 105 cm³/mol. The van der Waals surface area contributed by atoms with E-state index in [1.807, 2.05) is 7.05 Å². The molecule has 0 aliphatic carbocycles. The molecule has 1 heterocycles. The molecule has 2 N–H and O–H groups in total. The van der Waals surface area contributed by atoms with E-state index in [1.165, 1.54) is 30.5 Å². The number of halogens is 1. The summed E-state index contributed by atoms with van der Waals surface area (Å²) in [4.78, 5) is 6.86. The number of guanidine groups is 1. The minimum atomic E-state index is 0. The van der Waals surface area contributed by atoms with Gasteiger partial charge in [0.05, 0.1) is 0 Å². The Morgan fingerprint density at radius 3 is 2.86 bits per heavy atom. The van der Waals surface area contributed by atoms with Crippen molar-refractivity contribution in [1.82, 2.24) is 15.5 Å². The number of likely N-dealkylation sites (tertiary alicyclic amines) is 1. The molecule has 1 aliphatic rings. The fourth-order valence-electron chi connectivity index (χ4n) is 2.99. The molecule has 5 heteroatoms. The quantitative estimate of drug-likeness (QED) is 0.441. The lowest BCUT2D eigenvalue weighted by Gasteiger charge is -2.24. The second-order valence-electron chi connectivity index (χ2n) is 5.72. The van der Waals surface area contributed by atoms with Crippen LogP contribution in [0.4, 0.5) is 0 Å². The number of benzene rings is 1. The Bertz CT molecular complexity index is 475. The number of aliphatic imine (C=N–C) groups is 1. The molecule has 0 bridgehead atoms. The highest BCUT2D eigenvalue weighted by Gasteiger charge is 2.22. The molecule has 1 fully saturated rings. The van der Waals surface area contributed by atoms with Gasteiger partial charge in [0.25, 0.3) is 0 Å².